The van der Waals surface area contributed by atoms with Crippen molar-refractivity contribution < 1.29 is 4.79 Å². The predicted octanol–water partition coefficient (Wildman–Crippen LogP) is 2.98. The highest BCUT2D eigenvalue weighted by Gasteiger charge is 2.26. The number of benzene rings is 1. The summed E-state index contributed by atoms with van der Waals surface area (Å²) >= 11 is 4.78. The van der Waals surface area contributed by atoms with Crippen LogP contribution in [0.25, 0.3) is 0 Å². The number of amides is 1. The second-order valence-electron chi connectivity index (χ2n) is 3.42. The molecule has 1 aromatic heterocycles. The Balaban J connectivity index is 2.13. The van der Waals surface area contributed by atoms with Gasteiger partial charge in [-0.1, -0.05) is 15.9 Å². The van der Waals surface area contributed by atoms with E-state index in [-0.39, 0.29) is 5.91 Å². The third kappa shape index (κ3) is 1.89. The zero-order valence-electron chi connectivity index (χ0n) is 8.48. The number of carbonyl (C=O) groups is 1. The number of aliphatic imine (C=N–C) groups is 1. The summed E-state index contributed by atoms with van der Waals surface area (Å²) in [6, 6.07) is 5.60. The molecule has 2 heterocycles. The van der Waals surface area contributed by atoms with Crippen molar-refractivity contribution in [2.24, 2.45) is 4.99 Å². The number of rotatable bonds is 1. The molecule has 1 aromatic carbocycles. The lowest BCUT2D eigenvalue weighted by atomic mass is 10.1. The van der Waals surface area contributed by atoms with Crippen LogP contribution in [0.5, 0.6) is 0 Å². The highest BCUT2D eigenvalue weighted by Crippen LogP contribution is 2.28. The minimum absolute atomic E-state index is 0.187. The van der Waals surface area contributed by atoms with E-state index in [9.17, 15) is 4.79 Å². The van der Waals surface area contributed by atoms with Crippen LogP contribution in [-0.2, 0) is 4.79 Å². The van der Waals surface area contributed by atoms with Crippen molar-refractivity contribution >= 4 is 49.7 Å². The van der Waals surface area contributed by atoms with Crippen LogP contribution in [0.2, 0.25) is 0 Å². The first-order valence-electron chi connectivity index (χ1n) is 4.83. The average molecular weight is 308 g/mol. The van der Waals surface area contributed by atoms with Gasteiger partial charge in [0.2, 0.25) is 5.13 Å². The van der Waals surface area contributed by atoms with E-state index in [1.165, 1.54) is 11.3 Å². The largest absolute Gasteiger partial charge is 0.320 e. The molecule has 1 N–H and O–H groups in total. The number of aromatic nitrogens is 1. The molecule has 1 aliphatic rings. The van der Waals surface area contributed by atoms with E-state index in [1.807, 2.05) is 23.6 Å². The number of fused-ring (bicyclic) bond motifs is 1. The zero-order chi connectivity index (χ0) is 11.8. The Hall–Kier alpha value is -1.53. The molecule has 0 aliphatic carbocycles. The topological polar surface area (TPSA) is 54.4 Å². The number of anilines is 1. The lowest BCUT2D eigenvalue weighted by Crippen LogP contribution is -2.13. The molecule has 0 spiro atoms. The quantitative estimate of drug-likeness (QED) is 0.880. The first kappa shape index (κ1) is 10.6. The summed E-state index contributed by atoms with van der Waals surface area (Å²) in [4.78, 5) is 20.1. The summed E-state index contributed by atoms with van der Waals surface area (Å²) in [6.45, 7) is 0. The fraction of sp³-hybridized carbons (Fsp3) is 0. The fourth-order valence-corrected chi connectivity index (χ4v) is 2.47. The molecule has 0 saturated heterocycles. The van der Waals surface area contributed by atoms with Gasteiger partial charge in [0.25, 0.3) is 5.91 Å². The van der Waals surface area contributed by atoms with Gasteiger partial charge in [0.1, 0.15) is 5.71 Å². The summed E-state index contributed by atoms with van der Waals surface area (Å²) in [5.41, 5.74) is 2.00. The Morgan fingerprint density at radius 1 is 1.41 bits per heavy atom. The summed E-state index contributed by atoms with van der Waals surface area (Å²) in [5.74, 6) is -0.187. The van der Waals surface area contributed by atoms with Crippen LogP contribution in [-0.4, -0.2) is 16.6 Å². The van der Waals surface area contributed by atoms with Crippen molar-refractivity contribution in [1.29, 1.82) is 0 Å². The van der Waals surface area contributed by atoms with Crippen LogP contribution in [0.3, 0.4) is 0 Å². The molecule has 3 rings (SSSR count). The molecule has 17 heavy (non-hydrogen) atoms. The van der Waals surface area contributed by atoms with E-state index in [0.29, 0.717) is 10.8 Å². The smallest absolute Gasteiger partial charge is 0.275 e. The van der Waals surface area contributed by atoms with Gasteiger partial charge in [-0.15, -0.1) is 11.3 Å². The molecule has 6 heteroatoms. The minimum atomic E-state index is -0.187. The van der Waals surface area contributed by atoms with E-state index < -0.39 is 0 Å². The number of nitrogens with one attached hydrogen (secondary N) is 1. The third-order valence-corrected chi connectivity index (χ3v) is 3.49. The maximum absolute atomic E-state index is 11.8. The lowest BCUT2D eigenvalue weighted by molar-refractivity contribution is -0.110. The first-order valence-corrected chi connectivity index (χ1v) is 6.51. The van der Waals surface area contributed by atoms with Gasteiger partial charge in [0, 0.05) is 21.6 Å². The van der Waals surface area contributed by atoms with Gasteiger partial charge in [0.05, 0.1) is 5.69 Å². The summed E-state index contributed by atoms with van der Waals surface area (Å²) in [5, 5.41) is 5.19. The second-order valence-corrected chi connectivity index (χ2v) is 5.21. The van der Waals surface area contributed by atoms with E-state index in [4.69, 9.17) is 0 Å². The maximum atomic E-state index is 11.8. The van der Waals surface area contributed by atoms with E-state index in [1.54, 1.807) is 6.20 Å². The molecular formula is C11H6BrN3OS. The molecule has 1 aliphatic heterocycles. The molecular weight excluding hydrogens is 302 g/mol. The summed E-state index contributed by atoms with van der Waals surface area (Å²) < 4.78 is 0.916. The zero-order valence-corrected chi connectivity index (χ0v) is 10.9. The standard InChI is InChI=1S/C11H6BrN3OS/c12-6-1-2-8-7(5-6)9(10(16)14-8)15-11-13-3-4-17-11/h1-5H,(H,13,14,15,16). The number of thiazole rings is 1. The van der Waals surface area contributed by atoms with Crippen LogP contribution in [0.1, 0.15) is 5.56 Å². The number of carbonyl (C=O) groups excluding carboxylic acids is 1. The molecule has 0 fully saturated rings. The van der Waals surface area contributed by atoms with Gasteiger partial charge in [-0.25, -0.2) is 9.98 Å². The molecule has 0 radical (unpaired) electrons. The Kier molecular flexibility index (Phi) is 2.53. The molecule has 2 aromatic rings. The molecule has 0 saturated carbocycles. The molecule has 0 atom stereocenters. The normalized spacial score (nSPS) is 16.1. The fourth-order valence-electron chi connectivity index (χ4n) is 1.60. The second kappa shape index (κ2) is 4.05. The van der Waals surface area contributed by atoms with Crippen molar-refractivity contribution in [3.05, 3.63) is 39.8 Å². The van der Waals surface area contributed by atoms with Crippen molar-refractivity contribution in [2.45, 2.75) is 0 Å². The van der Waals surface area contributed by atoms with Crippen LogP contribution < -0.4 is 5.32 Å². The van der Waals surface area contributed by atoms with Crippen LogP contribution in [0, 0.1) is 0 Å². The molecule has 0 bridgehead atoms. The molecule has 4 nitrogen and oxygen atoms in total. The van der Waals surface area contributed by atoms with Crippen molar-refractivity contribution in [2.75, 3.05) is 5.32 Å². The third-order valence-electron chi connectivity index (χ3n) is 2.33. The summed E-state index contributed by atoms with van der Waals surface area (Å²) in [6.07, 6.45) is 1.67. The van der Waals surface area contributed by atoms with Crippen LogP contribution >= 0.6 is 27.3 Å². The molecule has 84 valence electrons. The molecule has 1 amide bonds. The van der Waals surface area contributed by atoms with E-state index in [2.05, 4.69) is 31.2 Å². The average Bonchev–Trinajstić information content (AvgIpc) is 2.90. The first-order chi connectivity index (χ1) is 8.24. The highest BCUT2D eigenvalue weighted by molar-refractivity contribution is 9.10. The Labute approximate surface area is 110 Å². The number of hydrogen-bond donors (Lipinski definition) is 1. The van der Waals surface area contributed by atoms with Crippen molar-refractivity contribution in [1.82, 2.24) is 4.98 Å². The SMILES string of the molecule is O=C1Nc2ccc(Br)cc2/C1=N/c1nccs1. The van der Waals surface area contributed by atoms with Gasteiger partial charge in [-0.2, -0.15) is 0 Å². The van der Waals surface area contributed by atoms with Crippen molar-refractivity contribution in [3.63, 3.8) is 0 Å². The van der Waals surface area contributed by atoms with Crippen LogP contribution in [0.4, 0.5) is 10.8 Å². The van der Waals surface area contributed by atoms with Gasteiger partial charge >= 0.3 is 0 Å². The highest BCUT2D eigenvalue weighted by atomic mass is 79.9. The lowest BCUT2D eigenvalue weighted by Gasteiger charge is -1.97. The van der Waals surface area contributed by atoms with Crippen molar-refractivity contribution in [3.8, 4) is 0 Å². The van der Waals surface area contributed by atoms with E-state index in [0.717, 1.165) is 15.7 Å². The Morgan fingerprint density at radius 3 is 3.06 bits per heavy atom. The van der Waals surface area contributed by atoms with Gasteiger partial charge in [-0.05, 0) is 18.2 Å². The predicted molar refractivity (Wildman–Crippen MR) is 71.1 cm³/mol. The van der Waals surface area contributed by atoms with Gasteiger partial charge in [0.15, 0.2) is 0 Å². The van der Waals surface area contributed by atoms with E-state index >= 15 is 0 Å². The number of hydrogen-bond acceptors (Lipinski definition) is 4. The van der Waals surface area contributed by atoms with Crippen LogP contribution in [0.15, 0.2) is 39.2 Å². The summed E-state index contributed by atoms with van der Waals surface area (Å²) in [7, 11) is 0. The Morgan fingerprint density at radius 2 is 2.29 bits per heavy atom. The minimum Gasteiger partial charge on any atom is -0.320 e. The number of nitrogens with zero attached hydrogens (tertiary/aromatic N) is 2. The van der Waals surface area contributed by atoms with Gasteiger partial charge < -0.3 is 5.32 Å². The Bertz CT molecular complexity index is 622. The monoisotopic (exact) mass is 307 g/mol. The van der Waals surface area contributed by atoms with Gasteiger partial charge in [-0.3, -0.25) is 4.79 Å². The molecule has 0 unspecified atom stereocenters. The maximum Gasteiger partial charge on any atom is 0.275 e. The number of halogens is 1.